The minimum atomic E-state index is 0.709. The molecule has 19 heavy (non-hydrogen) atoms. The Bertz CT molecular complexity index is 735. The van der Waals surface area contributed by atoms with Crippen molar-refractivity contribution < 1.29 is 0 Å². The fourth-order valence-electron chi connectivity index (χ4n) is 1.81. The highest BCUT2D eigenvalue weighted by atomic mass is 79.9. The maximum Gasteiger partial charge on any atom is 0.180 e. The summed E-state index contributed by atoms with van der Waals surface area (Å²) in [5.41, 5.74) is 2.56. The van der Waals surface area contributed by atoms with Crippen LogP contribution < -0.4 is 4.90 Å². The molecule has 0 unspecified atom stereocenters. The molecule has 3 aromatic heterocycles. The second-order valence-electron chi connectivity index (χ2n) is 4.41. The van der Waals surface area contributed by atoms with E-state index in [1.807, 2.05) is 37.2 Å². The minimum Gasteiger partial charge on any atom is -0.363 e. The average Bonchev–Trinajstić information content (AvgIpc) is 2.81. The van der Waals surface area contributed by atoms with Gasteiger partial charge in [-0.05, 0) is 34.1 Å². The smallest absolute Gasteiger partial charge is 0.180 e. The number of anilines is 1. The number of hydrogen-bond donors (Lipinski definition) is 1. The average molecular weight is 318 g/mol. The van der Waals surface area contributed by atoms with E-state index >= 15 is 0 Å². The van der Waals surface area contributed by atoms with E-state index in [1.54, 1.807) is 12.4 Å². The van der Waals surface area contributed by atoms with Crippen molar-refractivity contribution in [2.24, 2.45) is 0 Å². The van der Waals surface area contributed by atoms with Crippen molar-refractivity contribution in [2.75, 3.05) is 19.0 Å². The highest BCUT2D eigenvalue weighted by Gasteiger charge is 2.08. The van der Waals surface area contributed by atoms with Crippen LogP contribution in [0.15, 0.2) is 35.1 Å². The zero-order chi connectivity index (χ0) is 13.4. The second kappa shape index (κ2) is 4.62. The third kappa shape index (κ3) is 2.31. The van der Waals surface area contributed by atoms with Crippen LogP contribution in [-0.4, -0.2) is 34.0 Å². The topological polar surface area (TPSA) is 57.7 Å². The van der Waals surface area contributed by atoms with Gasteiger partial charge in [0.15, 0.2) is 5.65 Å². The molecule has 0 fully saturated rings. The molecule has 0 aromatic carbocycles. The Kier molecular flexibility index (Phi) is 2.94. The number of imidazole rings is 1. The predicted molar refractivity (Wildman–Crippen MR) is 79.1 cm³/mol. The number of H-pyrrole nitrogens is 1. The molecule has 6 heteroatoms. The van der Waals surface area contributed by atoms with Crippen LogP contribution in [0.2, 0.25) is 0 Å². The van der Waals surface area contributed by atoms with Crippen LogP contribution in [-0.2, 0) is 0 Å². The summed E-state index contributed by atoms with van der Waals surface area (Å²) in [7, 11) is 3.92. The Balaban J connectivity index is 2.11. The molecule has 3 rings (SSSR count). The normalized spacial score (nSPS) is 10.9. The summed E-state index contributed by atoms with van der Waals surface area (Å²) in [5, 5.41) is 0. The van der Waals surface area contributed by atoms with E-state index in [1.165, 1.54) is 0 Å². The van der Waals surface area contributed by atoms with Crippen LogP contribution >= 0.6 is 15.9 Å². The van der Waals surface area contributed by atoms with Crippen molar-refractivity contribution >= 4 is 32.9 Å². The van der Waals surface area contributed by atoms with Gasteiger partial charge in [0.1, 0.15) is 11.6 Å². The SMILES string of the molecule is CN(C)c1ccc2[nH]c(-c3cncc(Br)c3)nc2n1. The van der Waals surface area contributed by atoms with Gasteiger partial charge in [0.05, 0.1) is 5.52 Å². The summed E-state index contributed by atoms with van der Waals surface area (Å²) < 4.78 is 0.924. The zero-order valence-corrected chi connectivity index (χ0v) is 12.1. The van der Waals surface area contributed by atoms with Crippen LogP contribution in [0.4, 0.5) is 5.82 Å². The first-order valence-electron chi connectivity index (χ1n) is 5.78. The van der Waals surface area contributed by atoms with Gasteiger partial charge in [-0.3, -0.25) is 4.98 Å². The van der Waals surface area contributed by atoms with E-state index < -0.39 is 0 Å². The molecule has 1 N–H and O–H groups in total. The van der Waals surface area contributed by atoms with Gasteiger partial charge >= 0.3 is 0 Å². The summed E-state index contributed by atoms with van der Waals surface area (Å²) in [6.07, 6.45) is 3.52. The molecule has 0 atom stereocenters. The lowest BCUT2D eigenvalue weighted by molar-refractivity contribution is 1.08. The van der Waals surface area contributed by atoms with Crippen LogP contribution in [0.3, 0.4) is 0 Å². The minimum absolute atomic E-state index is 0.709. The number of nitrogens with zero attached hydrogens (tertiary/aromatic N) is 4. The van der Waals surface area contributed by atoms with E-state index in [2.05, 4.69) is 35.9 Å². The Morgan fingerprint density at radius 3 is 2.74 bits per heavy atom. The van der Waals surface area contributed by atoms with E-state index in [0.29, 0.717) is 5.65 Å². The van der Waals surface area contributed by atoms with E-state index in [-0.39, 0.29) is 0 Å². The Morgan fingerprint density at radius 1 is 1.16 bits per heavy atom. The van der Waals surface area contributed by atoms with Gasteiger partial charge in [0.25, 0.3) is 0 Å². The predicted octanol–water partition coefficient (Wildman–Crippen LogP) is 2.85. The van der Waals surface area contributed by atoms with Crippen molar-refractivity contribution in [3.8, 4) is 11.4 Å². The second-order valence-corrected chi connectivity index (χ2v) is 5.33. The molecule has 96 valence electrons. The summed E-state index contributed by atoms with van der Waals surface area (Å²) in [6, 6.07) is 5.92. The molecule has 0 aliphatic carbocycles. The fraction of sp³-hybridized carbons (Fsp3) is 0.154. The van der Waals surface area contributed by atoms with Crippen LogP contribution in [0.5, 0.6) is 0 Å². The number of aromatic amines is 1. The summed E-state index contributed by atoms with van der Waals surface area (Å²) >= 11 is 3.41. The van der Waals surface area contributed by atoms with E-state index in [9.17, 15) is 0 Å². The molecular weight excluding hydrogens is 306 g/mol. The van der Waals surface area contributed by atoms with E-state index in [0.717, 1.165) is 27.2 Å². The highest BCUT2D eigenvalue weighted by Crippen LogP contribution is 2.22. The van der Waals surface area contributed by atoms with Crippen molar-refractivity contribution in [2.45, 2.75) is 0 Å². The molecular formula is C13H12BrN5. The quantitative estimate of drug-likeness (QED) is 0.789. The molecule has 0 saturated heterocycles. The van der Waals surface area contributed by atoms with Crippen LogP contribution in [0.25, 0.3) is 22.6 Å². The molecule has 0 spiro atoms. The lowest BCUT2D eigenvalue weighted by atomic mass is 10.3. The van der Waals surface area contributed by atoms with Crippen molar-refractivity contribution in [1.29, 1.82) is 0 Å². The third-order valence-electron chi connectivity index (χ3n) is 2.77. The number of halogens is 1. The number of rotatable bonds is 2. The summed E-state index contributed by atoms with van der Waals surface area (Å²) in [5.74, 6) is 1.66. The number of fused-ring (bicyclic) bond motifs is 1. The van der Waals surface area contributed by atoms with Crippen molar-refractivity contribution in [1.82, 2.24) is 19.9 Å². The summed E-state index contributed by atoms with van der Waals surface area (Å²) in [4.78, 5) is 18.4. The fourth-order valence-corrected chi connectivity index (χ4v) is 2.17. The number of aromatic nitrogens is 4. The highest BCUT2D eigenvalue weighted by molar-refractivity contribution is 9.10. The lowest BCUT2D eigenvalue weighted by Crippen LogP contribution is -2.10. The maximum atomic E-state index is 4.51. The first-order valence-corrected chi connectivity index (χ1v) is 6.58. The van der Waals surface area contributed by atoms with Gasteiger partial charge in [-0.2, -0.15) is 0 Å². The van der Waals surface area contributed by atoms with Gasteiger partial charge < -0.3 is 9.88 Å². The summed E-state index contributed by atoms with van der Waals surface area (Å²) in [6.45, 7) is 0. The van der Waals surface area contributed by atoms with Gasteiger partial charge in [-0.15, -0.1) is 0 Å². The van der Waals surface area contributed by atoms with Gasteiger partial charge in [0, 0.05) is 36.5 Å². The number of pyridine rings is 2. The Morgan fingerprint density at radius 2 is 2.00 bits per heavy atom. The third-order valence-corrected chi connectivity index (χ3v) is 3.20. The molecule has 0 aliphatic rings. The number of hydrogen-bond acceptors (Lipinski definition) is 4. The van der Waals surface area contributed by atoms with Gasteiger partial charge in [-0.25, -0.2) is 9.97 Å². The zero-order valence-electron chi connectivity index (χ0n) is 10.6. The monoisotopic (exact) mass is 317 g/mol. The molecule has 0 aliphatic heterocycles. The Hall–Kier alpha value is -1.95. The number of nitrogens with one attached hydrogen (secondary N) is 1. The molecule has 0 saturated carbocycles. The van der Waals surface area contributed by atoms with Gasteiger partial charge in [-0.1, -0.05) is 0 Å². The lowest BCUT2D eigenvalue weighted by Gasteiger charge is -2.09. The molecule has 0 amide bonds. The molecule has 0 bridgehead atoms. The molecule has 3 aromatic rings. The van der Waals surface area contributed by atoms with Crippen molar-refractivity contribution in [3.63, 3.8) is 0 Å². The molecule has 0 radical (unpaired) electrons. The molecule has 3 heterocycles. The Labute approximate surface area is 118 Å². The maximum absolute atomic E-state index is 4.51. The largest absolute Gasteiger partial charge is 0.363 e. The first-order chi connectivity index (χ1) is 9.13. The van der Waals surface area contributed by atoms with Gasteiger partial charge in [0.2, 0.25) is 0 Å². The first kappa shape index (κ1) is 12.1. The van der Waals surface area contributed by atoms with E-state index in [4.69, 9.17) is 0 Å². The van der Waals surface area contributed by atoms with Crippen LogP contribution in [0.1, 0.15) is 0 Å². The standard InChI is InChI=1S/C13H12BrN5/c1-19(2)11-4-3-10-13(17-11)18-12(16-10)8-5-9(14)7-15-6-8/h3-7H,1-2H3,(H,16,17,18). The van der Waals surface area contributed by atoms with Crippen LogP contribution in [0, 0.1) is 0 Å². The van der Waals surface area contributed by atoms with Crippen molar-refractivity contribution in [3.05, 3.63) is 35.1 Å². The molecule has 5 nitrogen and oxygen atoms in total.